The van der Waals surface area contributed by atoms with Crippen LogP contribution in [0.1, 0.15) is 56.3 Å². The second-order valence-electron chi connectivity index (χ2n) is 11.9. The van der Waals surface area contributed by atoms with E-state index in [2.05, 4.69) is 97.1 Å². The highest BCUT2D eigenvalue weighted by Gasteiger charge is 2.43. The van der Waals surface area contributed by atoms with E-state index in [9.17, 15) is 10.5 Å². The van der Waals surface area contributed by atoms with Crippen molar-refractivity contribution < 1.29 is 0 Å². The van der Waals surface area contributed by atoms with E-state index in [4.69, 9.17) is 9.97 Å². The molecular weight excluding hydrogens is 560 g/mol. The molecule has 1 heterocycles. The number of hydrogen-bond acceptors (Lipinski definition) is 4. The average molecular weight is 585 g/mol. The van der Waals surface area contributed by atoms with Gasteiger partial charge in [0.25, 0.3) is 0 Å². The van der Waals surface area contributed by atoms with E-state index in [0.29, 0.717) is 17.0 Å². The third kappa shape index (κ3) is 3.84. The molecule has 3 aliphatic rings. The summed E-state index contributed by atoms with van der Waals surface area (Å²) in [6.07, 6.45) is 0. The zero-order valence-corrected chi connectivity index (χ0v) is 24.6. The van der Waals surface area contributed by atoms with Crippen molar-refractivity contribution in [3.63, 3.8) is 0 Å². The summed E-state index contributed by atoms with van der Waals surface area (Å²) in [5.74, 6) is 0.455. The summed E-state index contributed by atoms with van der Waals surface area (Å²) in [4.78, 5) is 10.4. The molecule has 0 saturated heterocycles. The van der Waals surface area contributed by atoms with Crippen molar-refractivity contribution in [1.82, 2.24) is 9.97 Å². The molecule has 6 aromatic carbocycles. The van der Waals surface area contributed by atoms with E-state index in [0.717, 1.165) is 50.0 Å². The van der Waals surface area contributed by atoms with Gasteiger partial charge in [-0.15, -0.1) is 0 Å². The van der Waals surface area contributed by atoms with Crippen LogP contribution >= 0.6 is 0 Å². The van der Waals surface area contributed by atoms with Crippen LogP contribution in [0.3, 0.4) is 0 Å². The summed E-state index contributed by atoms with van der Waals surface area (Å²) in [7, 11) is 0. The third-order valence-corrected chi connectivity index (χ3v) is 9.51. The van der Waals surface area contributed by atoms with E-state index in [1.807, 2.05) is 48.5 Å². The highest BCUT2D eigenvalue weighted by atomic mass is 14.9. The maximum atomic E-state index is 10.2. The van der Waals surface area contributed by atoms with Gasteiger partial charge in [0.1, 0.15) is 0 Å². The smallest absolute Gasteiger partial charge is 0.160 e. The van der Waals surface area contributed by atoms with Crippen LogP contribution in [0, 0.1) is 22.7 Å². The van der Waals surface area contributed by atoms with Gasteiger partial charge in [-0.25, -0.2) is 9.97 Å². The topological polar surface area (TPSA) is 73.4 Å². The van der Waals surface area contributed by atoms with Crippen molar-refractivity contribution in [2.75, 3.05) is 0 Å². The Morgan fingerprint density at radius 2 is 1.11 bits per heavy atom. The summed E-state index contributed by atoms with van der Waals surface area (Å²) in [6.45, 7) is 0. The molecule has 2 atom stereocenters. The molecule has 4 nitrogen and oxygen atoms in total. The van der Waals surface area contributed by atoms with Gasteiger partial charge in [0.05, 0.1) is 34.5 Å². The molecule has 0 fully saturated rings. The molecule has 10 rings (SSSR count). The molecule has 46 heavy (non-hydrogen) atoms. The predicted octanol–water partition coefficient (Wildman–Crippen LogP) is 9.36. The maximum Gasteiger partial charge on any atom is 0.160 e. The van der Waals surface area contributed by atoms with Gasteiger partial charge in [0.2, 0.25) is 0 Å². The number of rotatable bonds is 3. The lowest BCUT2D eigenvalue weighted by molar-refractivity contribution is 0.754. The molecule has 1 aromatic heterocycles. The van der Waals surface area contributed by atoms with Gasteiger partial charge in [-0.1, -0.05) is 103 Å². The largest absolute Gasteiger partial charge is 0.228 e. The van der Waals surface area contributed by atoms with E-state index in [1.54, 1.807) is 0 Å². The molecule has 0 aliphatic heterocycles. The first kappa shape index (κ1) is 26.1. The quantitative estimate of drug-likeness (QED) is 0.207. The Balaban J connectivity index is 1.28. The van der Waals surface area contributed by atoms with Gasteiger partial charge in [-0.2, -0.15) is 10.5 Å². The number of fused-ring (bicyclic) bond motifs is 1. The molecule has 0 amide bonds. The minimum absolute atomic E-state index is 0.0645. The first-order valence-corrected chi connectivity index (χ1v) is 15.4. The Labute approximate surface area is 266 Å². The van der Waals surface area contributed by atoms with Gasteiger partial charge in [0, 0.05) is 28.3 Å². The molecule has 0 spiro atoms. The summed E-state index contributed by atoms with van der Waals surface area (Å²) in [5.41, 5.74) is 14.1. The van der Waals surface area contributed by atoms with Crippen LogP contribution in [0.15, 0.2) is 133 Å². The van der Waals surface area contributed by atoms with Gasteiger partial charge in [-0.05, 0) is 74.8 Å². The zero-order chi connectivity index (χ0) is 30.8. The molecule has 4 heteroatoms. The molecule has 2 bridgehead atoms. The number of hydrogen-bond donors (Lipinski definition) is 0. The molecule has 3 aliphatic carbocycles. The standard InChI is InChI=1S/C42H24N4/c43-23-25-14-19-32-34(20-25)38-30-10-4-5-11-31(30)39(32)40-35(38)21-26(24-44)22-36(40)42-45-37-13-7-6-12-33(37)41(46-42)29-17-15-28(16-18-29)27-8-2-1-3-9-27/h1-22,38-39H. The fraction of sp³-hybridized carbons (Fsp3) is 0.0476. The second-order valence-corrected chi connectivity index (χ2v) is 11.9. The highest BCUT2D eigenvalue weighted by Crippen LogP contribution is 2.58. The van der Waals surface area contributed by atoms with E-state index in [-0.39, 0.29) is 11.8 Å². The normalized spacial score (nSPS) is 15.3. The minimum Gasteiger partial charge on any atom is -0.228 e. The maximum absolute atomic E-state index is 10.2. The Morgan fingerprint density at radius 1 is 0.478 bits per heavy atom. The first-order chi connectivity index (χ1) is 22.7. The van der Waals surface area contributed by atoms with Crippen LogP contribution in [0.5, 0.6) is 0 Å². The number of nitriles is 2. The van der Waals surface area contributed by atoms with Crippen LogP contribution in [0.4, 0.5) is 0 Å². The Hall–Kier alpha value is -6.36. The van der Waals surface area contributed by atoms with Gasteiger partial charge < -0.3 is 0 Å². The summed E-state index contributed by atoms with van der Waals surface area (Å²) < 4.78 is 0. The van der Waals surface area contributed by atoms with Gasteiger partial charge in [-0.3, -0.25) is 0 Å². The Kier molecular flexibility index (Phi) is 5.72. The van der Waals surface area contributed by atoms with Crippen LogP contribution in [-0.2, 0) is 0 Å². The number of nitrogens with zero attached hydrogens (tertiary/aromatic N) is 4. The van der Waals surface area contributed by atoms with Gasteiger partial charge in [0.15, 0.2) is 5.82 Å². The van der Waals surface area contributed by atoms with Crippen LogP contribution in [0.2, 0.25) is 0 Å². The SMILES string of the molecule is N#Cc1ccc2c(c1)C1c3ccccc3C2c2c(-c3nc(-c4ccc(-c5ccccc5)cc4)c4ccccc4n3)cc(C#N)cc21. The number of para-hydroxylation sites is 1. The molecular formula is C42H24N4. The van der Waals surface area contributed by atoms with E-state index < -0.39 is 0 Å². The van der Waals surface area contributed by atoms with Crippen LogP contribution < -0.4 is 0 Å². The Morgan fingerprint density at radius 3 is 1.89 bits per heavy atom. The molecule has 0 saturated carbocycles. The van der Waals surface area contributed by atoms with Crippen molar-refractivity contribution in [2.24, 2.45) is 0 Å². The van der Waals surface area contributed by atoms with Crippen molar-refractivity contribution in [3.8, 4) is 45.9 Å². The lowest BCUT2D eigenvalue weighted by Crippen LogP contribution is -2.28. The van der Waals surface area contributed by atoms with Gasteiger partial charge >= 0.3 is 0 Å². The van der Waals surface area contributed by atoms with Crippen molar-refractivity contribution in [1.29, 1.82) is 10.5 Å². The first-order valence-electron chi connectivity index (χ1n) is 15.4. The molecule has 2 unspecified atom stereocenters. The lowest BCUT2D eigenvalue weighted by atomic mass is 9.60. The van der Waals surface area contributed by atoms with Crippen molar-refractivity contribution >= 4 is 10.9 Å². The fourth-order valence-corrected chi connectivity index (χ4v) is 7.53. The molecule has 0 radical (unpaired) electrons. The third-order valence-electron chi connectivity index (χ3n) is 9.51. The predicted molar refractivity (Wildman–Crippen MR) is 180 cm³/mol. The minimum atomic E-state index is -0.0861. The monoisotopic (exact) mass is 584 g/mol. The lowest BCUT2D eigenvalue weighted by Gasteiger charge is -2.43. The van der Waals surface area contributed by atoms with E-state index in [1.165, 1.54) is 22.3 Å². The molecule has 212 valence electrons. The summed E-state index contributed by atoms with van der Waals surface area (Å²) in [5, 5.41) is 21.0. The highest BCUT2D eigenvalue weighted by molar-refractivity contribution is 5.94. The number of benzene rings is 6. The van der Waals surface area contributed by atoms with Crippen molar-refractivity contribution in [3.05, 3.63) is 178 Å². The average Bonchev–Trinajstić information content (AvgIpc) is 3.13. The van der Waals surface area contributed by atoms with Crippen LogP contribution in [-0.4, -0.2) is 9.97 Å². The Bertz CT molecular complexity index is 2450. The van der Waals surface area contributed by atoms with Crippen molar-refractivity contribution in [2.45, 2.75) is 11.8 Å². The van der Waals surface area contributed by atoms with E-state index >= 15 is 0 Å². The second kappa shape index (κ2) is 10.1. The summed E-state index contributed by atoms with van der Waals surface area (Å²) >= 11 is 0. The zero-order valence-electron chi connectivity index (χ0n) is 24.6. The number of aromatic nitrogens is 2. The fourth-order valence-electron chi connectivity index (χ4n) is 7.53. The van der Waals surface area contributed by atoms with Crippen LogP contribution in [0.25, 0.3) is 44.7 Å². The summed E-state index contributed by atoms with van der Waals surface area (Å²) in [6, 6.07) is 50.3. The molecule has 7 aromatic rings. The molecule has 0 N–H and O–H groups in total.